The van der Waals surface area contributed by atoms with E-state index in [2.05, 4.69) is 6.07 Å². The van der Waals surface area contributed by atoms with Crippen LogP contribution in [0.4, 0.5) is 26.3 Å². The summed E-state index contributed by atoms with van der Waals surface area (Å²) in [4.78, 5) is 28.4. The molecular weight excluding hydrogens is 646 g/mol. The topological polar surface area (TPSA) is 153 Å². The van der Waals surface area contributed by atoms with Crippen molar-refractivity contribution < 1.29 is 45.3 Å². The van der Waals surface area contributed by atoms with E-state index in [4.69, 9.17) is 49.3 Å². The molecule has 0 amide bonds. The van der Waals surface area contributed by atoms with Crippen LogP contribution in [-0.2, 0) is 18.9 Å². The highest BCUT2D eigenvalue weighted by Crippen LogP contribution is 2.43. The maximum Gasteiger partial charge on any atom is 0.389 e. The van der Waals surface area contributed by atoms with E-state index in [0.29, 0.717) is 57.0 Å². The molecule has 4 aliphatic rings. The van der Waals surface area contributed by atoms with Crippen molar-refractivity contribution >= 4 is 23.5 Å². The zero-order chi connectivity index (χ0) is 33.3. The van der Waals surface area contributed by atoms with Crippen LogP contribution in [0.2, 0.25) is 0 Å². The van der Waals surface area contributed by atoms with Gasteiger partial charge in [-0.25, -0.2) is 0 Å². The van der Waals surface area contributed by atoms with Crippen molar-refractivity contribution in [3.8, 4) is 12.1 Å². The van der Waals surface area contributed by atoms with Crippen molar-refractivity contribution in [2.24, 2.45) is 5.92 Å². The molecule has 0 aromatic heterocycles. The number of hydrogen-bond donors (Lipinski definition) is 0. The van der Waals surface area contributed by atoms with Crippen LogP contribution in [0.15, 0.2) is 10.5 Å². The van der Waals surface area contributed by atoms with Crippen LogP contribution in [0, 0.1) is 48.4 Å². The molecule has 2 heterocycles. The van der Waals surface area contributed by atoms with Crippen molar-refractivity contribution in [2.45, 2.75) is 93.4 Å². The highest BCUT2D eigenvalue weighted by Gasteiger charge is 2.42. The van der Waals surface area contributed by atoms with Gasteiger partial charge < -0.3 is 18.9 Å². The predicted molar refractivity (Wildman–Crippen MR) is 151 cm³/mol. The maximum atomic E-state index is 12.1. The molecule has 0 bridgehead atoms. The van der Waals surface area contributed by atoms with Gasteiger partial charge in [-0.15, -0.1) is 23.5 Å². The molecule has 2 saturated heterocycles. The molecule has 1 atom stereocenters. The van der Waals surface area contributed by atoms with Gasteiger partial charge in [-0.2, -0.15) is 36.9 Å². The molecule has 10 nitrogen and oxygen atoms in total. The number of halogens is 6. The summed E-state index contributed by atoms with van der Waals surface area (Å²) in [6.07, 6.45) is -4.34. The van der Waals surface area contributed by atoms with Crippen LogP contribution >= 0.6 is 23.5 Å². The second-order valence-electron chi connectivity index (χ2n) is 10.1. The van der Waals surface area contributed by atoms with E-state index in [1.165, 1.54) is 0 Å². The minimum atomic E-state index is -4.17. The number of rotatable bonds is 7. The average Bonchev–Trinajstić information content (AvgIpc) is 3.66. The Labute approximate surface area is 259 Å². The number of ether oxygens (including phenoxy) is 4. The van der Waals surface area contributed by atoms with Gasteiger partial charge in [-0.1, -0.05) is 0 Å². The molecule has 4 fully saturated rings. The predicted octanol–water partition coefficient (Wildman–Crippen LogP) is 7.40. The van der Waals surface area contributed by atoms with Crippen molar-refractivity contribution in [2.75, 3.05) is 37.9 Å². The molecule has 44 heavy (non-hydrogen) atoms. The fourth-order valence-corrected chi connectivity index (χ4v) is 7.41. The quantitative estimate of drug-likeness (QED) is 0.194. The third kappa shape index (κ3) is 14.0. The Morgan fingerprint density at radius 3 is 1.61 bits per heavy atom. The summed E-state index contributed by atoms with van der Waals surface area (Å²) in [6, 6.07) is 4.18. The summed E-state index contributed by atoms with van der Waals surface area (Å²) in [5, 5.41) is 17.9. The number of thioether (sulfide) groups is 2. The zero-order valence-corrected chi connectivity index (χ0v) is 25.3. The molecule has 18 heteroatoms. The highest BCUT2D eigenvalue weighted by atomic mass is 32.2. The molecule has 0 aromatic rings. The molecule has 0 aromatic carbocycles. The fraction of sp³-hybridized carbons (Fsp3) is 0.846. The lowest BCUT2D eigenvalue weighted by atomic mass is 9.83. The van der Waals surface area contributed by atoms with Gasteiger partial charge in [-0.05, 0) is 37.2 Å². The molecule has 1 unspecified atom stereocenters. The summed E-state index contributed by atoms with van der Waals surface area (Å²) in [7, 11) is 0. The van der Waals surface area contributed by atoms with Crippen molar-refractivity contribution in [3.05, 3.63) is 30.3 Å². The van der Waals surface area contributed by atoms with E-state index in [1.54, 1.807) is 0 Å². The van der Waals surface area contributed by atoms with E-state index in [-0.39, 0.29) is 22.7 Å². The lowest BCUT2D eigenvalue weighted by Gasteiger charge is -2.36. The Hall–Kier alpha value is -1.96. The molecule has 250 valence electrons. The number of alkyl halides is 6. The third-order valence-electron chi connectivity index (χ3n) is 7.33. The van der Waals surface area contributed by atoms with Crippen LogP contribution in [-0.4, -0.2) is 67.1 Å². The molecule has 0 radical (unpaired) electrons. The Morgan fingerprint density at radius 1 is 0.773 bits per heavy atom. The second kappa shape index (κ2) is 19.5. The molecule has 2 spiro atoms. The van der Waals surface area contributed by atoms with Crippen molar-refractivity contribution in [1.29, 1.82) is 10.5 Å². The van der Waals surface area contributed by atoms with E-state index >= 15 is 0 Å². The van der Waals surface area contributed by atoms with Gasteiger partial charge in [0.05, 0.1) is 55.5 Å². The lowest BCUT2D eigenvalue weighted by Crippen LogP contribution is -2.37. The fourth-order valence-electron chi connectivity index (χ4n) is 5.18. The van der Waals surface area contributed by atoms with E-state index in [1.807, 2.05) is 6.07 Å². The average molecular weight is 681 g/mol. The zero-order valence-electron chi connectivity index (χ0n) is 23.7. The number of nitrogens with zero attached hydrogens (tertiary/aromatic N) is 2. The number of allylic oxidation sites excluding steroid dienone is 2. The maximum absolute atomic E-state index is 12.1. The molecule has 4 rings (SSSR count). The van der Waals surface area contributed by atoms with Gasteiger partial charge in [0.15, 0.2) is 11.6 Å². The SMILES string of the molecule is N#CC(SCCC(F)(F)F)=C1CCC2(CC1)OCCO2.N#CC(SCCC(F)(F)F)C1CCC2(CC1)OCCO2.O=O.O=O. The van der Waals surface area contributed by atoms with Crippen LogP contribution < -0.4 is 0 Å². The summed E-state index contributed by atoms with van der Waals surface area (Å²) in [5.41, 5.74) is 0.935. The normalized spacial score (nSPS) is 22.6. The van der Waals surface area contributed by atoms with E-state index in [0.717, 1.165) is 54.8 Å². The van der Waals surface area contributed by atoms with Crippen molar-refractivity contribution in [3.63, 3.8) is 0 Å². The van der Waals surface area contributed by atoms with Crippen LogP contribution in [0.3, 0.4) is 0 Å². The molecule has 2 aliphatic heterocycles. The Kier molecular flexibility index (Phi) is 17.8. The minimum Gasteiger partial charge on any atom is -0.348 e. The first kappa shape index (κ1) is 40.1. The van der Waals surface area contributed by atoms with Gasteiger partial charge in [0.25, 0.3) is 0 Å². The van der Waals surface area contributed by atoms with Crippen molar-refractivity contribution in [1.82, 2.24) is 0 Å². The van der Waals surface area contributed by atoms with Gasteiger partial charge in [0.2, 0.25) is 0 Å². The van der Waals surface area contributed by atoms with Gasteiger partial charge in [0, 0.05) is 57.0 Å². The smallest absolute Gasteiger partial charge is 0.348 e. The van der Waals surface area contributed by atoms with Crippen LogP contribution in [0.25, 0.3) is 0 Å². The Bertz CT molecular complexity index is 954. The van der Waals surface area contributed by atoms with E-state index in [9.17, 15) is 26.3 Å². The Balaban J connectivity index is 0.000000395. The first-order valence-corrected chi connectivity index (χ1v) is 15.7. The van der Waals surface area contributed by atoms with Crippen LogP contribution in [0.1, 0.15) is 64.2 Å². The Morgan fingerprint density at radius 2 is 1.20 bits per heavy atom. The molecular formula is C26H34F6N2O8S2. The van der Waals surface area contributed by atoms with Crippen LogP contribution in [0.5, 0.6) is 0 Å². The molecule has 0 N–H and O–H groups in total. The first-order valence-electron chi connectivity index (χ1n) is 13.7. The standard InChI is InChI=1S/C13H18F3NO2S.C13H16F3NO2S.2O2/c2*14-13(15,16)5-8-20-11(9-17)10-1-3-12(4-2-10)18-6-7-19-12;2*1-2/h10-11H,1-8H2;1-8H2;;. The molecule has 2 aliphatic carbocycles. The summed E-state index contributed by atoms with van der Waals surface area (Å²) in [6.45, 7) is 2.38. The summed E-state index contributed by atoms with van der Waals surface area (Å²) >= 11 is 2.13. The second-order valence-corrected chi connectivity index (χ2v) is 12.5. The van der Waals surface area contributed by atoms with Gasteiger partial charge in [-0.3, -0.25) is 0 Å². The monoisotopic (exact) mass is 680 g/mol. The third-order valence-corrected chi connectivity index (χ3v) is 9.69. The minimum absolute atomic E-state index is 0.0453. The van der Waals surface area contributed by atoms with Gasteiger partial charge >= 0.3 is 12.4 Å². The number of hydrogen-bond acceptors (Lipinski definition) is 12. The lowest BCUT2D eigenvalue weighted by molar-refractivity contribution is -0.182. The summed E-state index contributed by atoms with van der Waals surface area (Å²) < 4.78 is 95.1. The molecule has 2 saturated carbocycles. The number of nitriles is 2. The first-order chi connectivity index (χ1) is 20.9. The highest BCUT2D eigenvalue weighted by molar-refractivity contribution is 8.03. The summed E-state index contributed by atoms with van der Waals surface area (Å²) in [5.74, 6) is -1.00. The van der Waals surface area contributed by atoms with Gasteiger partial charge in [0.1, 0.15) is 6.07 Å². The largest absolute Gasteiger partial charge is 0.389 e. The van der Waals surface area contributed by atoms with E-state index < -0.39 is 36.8 Å².